The second-order valence-electron chi connectivity index (χ2n) is 7.05. The quantitative estimate of drug-likeness (QED) is 0.912. The molecule has 1 aliphatic rings. The number of hydrogen-bond donors (Lipinski definition) is 1. The van der Waals surface area contributed by atoms with Gasteiger partial charge in [-0.05, 0) is 57.7 Å². The standard InChI is InChI=1S/C18H25NO5/c1-18(2,3)24-17(22)19-9-7-13(8-10-19)12-23-15-6-4-5-14(11-15)16(20)21/h4-6,11,13H,7-10,12H2,1-3H3,(H,20,21). The molecule has 0 spiro atoms. The van der Waals surface area contributed by atoms with Gasteiger partial charge < -0.3 is 19.5 Å². The summed E-state index contributed by atoms with van der Waals surface area (Å²) in [6.45, 7) is 7.39. The minimum Gasteiger partial charge on any atom is -0.493 e. The molecule has 6 heteroatoms. The van der Waals surface area contributed by atoms with Gasteiger partial charge >= 0.3 is 12.1 Å². The van der Waals surface area contributed by atoms with E-state index < -0.39 is 11.6 Å². The molecule has 1 heterocycles. The molecule has 1 aromatic carbocycles. The number of aromatic carboxylic acids is 1. The molecule has 0 bridgehead atoms. The van der Waals surface area contributed by atoms with Crippen LogP contribution in [0.5, 0.6) is 5.75 Å². The monoisotopic (exact) mass is 335 g/mol. The van der Waals surface area contributed by atoms with Crippen molar-refractivity contribution < 1.29 is 24.2 Å². The van der Waals surface area contributed by atoms with Gasteiger partial charge in [0.05, 0.1) is 12.2 Å². The number of benzene rings is 1. The maximum atomic E-state index is 12.0. The maximum Gasteiger partial charge on any atom is 0.410 e. The van der Waals surface area contributed by atoms with Crippen molar-refractivity contribution in [3.63, 3.8) is 0 Å². The third-order valence-corrected chi connectivity index (χ3v) is 3.83. The van der Waals surface area contributed by atoms with Crippen LogP contribution in [-0.2, 0) is 4.74 Å². The van der Waals surface area contributed by atoms with Crippen LogP contribution in [0.4, 0.5) is 4.79 Å². The minimum atomic E-state index is -0.967. The molecule has 0 unspecified atom stereocenters. The van der Waals surface area contributed by atoms with Gasteiger partial charge in [0.2, 0.25) is 0 Å². The van der Waals surface area contributed by atoms with Crippen molar-refractivity contribution in [2.45, 2.75) is 39.2 Å². The number of piperidine rings is 1. The van der Waals surface area contributed by atoms with Crippen LogP contribution in [0.15, 0.2) is 24.3 Å². The van der Waals surface area contributed by atoms with Crippen molar-refractivity contribution in [1.82, 2.24) is 4.90 Å². The first-order valence-corrected chi connectivity index (χ1v) is 8.19. The molecule has 1 amide bonds. The SMILES string of the molecule is CC(C)(C)OC(=O)N1CCC(COc2cccc(C(=O)O)c2)CC1. The van der Waals surface area contributed by atoms with E-state index in [1.54, 1.807) is 17.0 Å². The Kier molecular flexibility index (Phi) is 5.70. The van der Waals surface area contributed by atoms with Crippen LogP contribution >= 0.6 is 0 Å². The maximum absolute atomic E-state index is 12.0. The van der Waals surface area contributed by atoms with E-state index in [-0.39, 0.29) is 11.7 Å². The summed E-state index contributed by atoms with van der Waals surface area (Å²) >= 11 is 0. The van der Waals surface area contributed by atoms with E-state index in [0.717, 1.165) is 12.8 Å². The van der Waals surface area contributed by atoms with Gasteiger partial charge in [-0.15, -0.1) is 0 Å². The van der Waals surface area contributed by atoms with Crippen LogP contribution in [-0.4, -0.2) is 47.4 Å². The summed E-state index contributed by atoms with van der Waals surface area (Å²) in [5, 5.41) is 8.98. The van der Waals surface area contributed by atoms with Crippen molar-refractivity contribution in [1.29, 1.82) is 0 Å². The zero-order chi connectivity index (χ0) is 17.7. The lowest BCUT2D eigenvalue weighted by atomic mass is 9.98. The number of carbonyl (C=O) groups is 2. The van der Waals surface area contributed by atoms with E-state index in [1.165, 1.54) is 12.1 Å². The lowest BCUT2D eigenvalue weighted by Gasteiger charge is -2.33. The van der Waals surface area contributed by atoms with Gasteiger partial charge in [0, 0.05) is 13.1 Å². The van der Waals surface area contributed by atoms with E-state index in [2.05, 4.69) is 0 Å². The van der Waals surface area contributed by atoms with Gasteiger partial charge in [0.15, 0.2) is 0 Å². The van der Waals surface area contributed by atoms with Crippen molar-refractivity contribution in [3.05, 3.63) is 29.8 Å². The van der Waals surface area contributed by atoms with Crippen LogP contribution in [0, 0.1) is 5.92 Å². The number of carboxylic acid groups (broad SMARTS) is 1. The van der Waals surface area contributed by atoms with Gasteiger partial charge in [0.1, 0.15) is 11.4 Å². The number of amides is 1. The molecule has 24 heavy (non-hydrogen) atoms. The van der Waals surface area contributed by atoms with Gasteiger partial charge in [-0.3, -0.25) is 0 Å². The fourth-order valence-electron chi connectivity index (χ4n) is 2.54. The third-order valence-electron chi connectivity index (χ3n) is 3.83. The van der Waals surface area contributed by atoms with Crippen molar-refractivity contribution in [2.75, 3.05) is 19.7 Å². The molecule has 0 saturated carbocycles. The van der Waals surface area contributed by atoms with Crippen LogP contribution in [0.3, 0.4) is 0 Å². The minimum absolute atomic E-state index is 0.215. The summed E-state index contributed by atoms with van der Waals surface area (Å²) in [5.74, 6) is -0.0623. The Morgan fingerprint density at radius 1 is 1.25 bits per heavy atom. The Labute approximate surface area is 142 Å². The highest BCUT2D eigenvalue weighted by atomic mass is 16.6. The molecule has 1 N–H and O–H groups in total. The van der Waals surface area contributed by atoms with Crippen LogP contribution in [0.2, 0.25) is 0 Å². The lowest BCUT2D eigenvalue weighted by molar-refractivity contribution is 0.0165. The van der Waals surface area contributed by atoms with Crippen molar-refractivity contribution >= 4 is 12.1 Å². The molecule has 1 aliphatic heterocycles. The summed E-state index contributed by atoms with van der Waals surface area (Å²) in [6.07, 6.45) is 1.42. The molecule has 1 aromatic rings. The molecule has 0 atom stereocenters. The first-order valence-electron chi connectivity index (χ1n) is 8.19. The molecule has 2 rings (SSSR count). The van der Waals surface area contributed by atoms with E-state index in [1.807, 2.05) is 20.8 Å². The highest BCUT2D eigenvalue weighted by molar-refractivity contribution is 5.88. The summed E-state index contributed by atoms with van der Waals surface area (Å²) in [4.78, 5) is 24.7. The predicted molar refractivity (Wildman–Crippen MR) is 89.4 cm³/mol. The number of likely N-dealkylation sites (tertiary alicyclic amines) is 1. The smallest absolute Gasteiger partial charge is 0.410 e. The molecule has 1 fully saturated rings. The van der Waals surface area contributed by atoms with E-state index in [4.69, 9.17) is 14.6 Å². The predicted octanol–water partition coefficient (Wildman–Crippen LogP) is 3.41. The molecular weight excluding hydrogens is 310 g/mol. The highest BCUT2D eigenvalue weighted by Crippen LogP contribution is 2.21. The van der Waals surface area contributed by atoms with Gasteiger partial charge in [0.25, 0.3) is 0 Å². The fraction of sp³-hybridized carbons (Fsp3) is 0.556. The van der Waals surface area contributed by atoms with Crippen LogP contribution in [0.1, 0.15) is 44.0 Å². The van der Waals surface area contributed by atoms with Gasteiger partial charge in [-0.2, -0.15) is 0 Å². The number of carbonyl (C=O) groups excluding carboxylic acids is 1. The molecule has 0 aliphatic carbocycles. The van der Waals surface area contributed by atoms with Crippen LogP contribution in [0.25, 0.3) is 0 Å². The number of rotatable bonds is 4. The normalized spacial score (nSPS) is 15.9. The average Bonchev–Trinajstić information content (AvgIpc) is 2.52. The molecule has 6 nitrogen and oxygen atoms in total. The van der Waals surface area contributed by atoms with Crippen molar-refractivity contribution in [3.8, 4) is 5.75 Å². The average molecular weight is 335 g/mol. The Hall–Kier alpha value is -2.24. The molecule has 0 aromatic heterocycles. The zero-order valence-electron chi connectivity index (χ0n) is 14.4. The molecule has 132 valence electrons. The van der Waals surface area contributed by atoms with E-state index in [0.29, 0.717) is 31.4 Å². The van der Waals surface area contributed by atoms with Gasteiger partial charge in [-0.25, -0.2) is 9.59 Å². The fourth-order valence-corrected chi connectivity index (χ4v) is 2.54. The Morgan fingerprint density at radius 2 is 1.92 bits per heavy atom. The first kappa shape index (κ1) is 18.1. The second-order valence-corrected chi connectivity index (χ2v) is 7.05. The second kappa shape index (κ2) is 7.55. The first-order chi connectivity index (χ1) is 11.2. The number of hydrogen-bond acceptors (Lipinski definition) is 4. The van der Waals surface area contributed by atoms with E-state index >= 15 is 0 Å². The van der Waals surface area contributed by atoms with Crippen LogP contribution < -0.4 is 4.74 Å². The lowest BCUT2D eigenvalue weighted by Crippen LogP contribution is -2.42. The molecular formula is C18H25NO5. The Morgan fingerprint density at radius 3 is 2.50 bits per heavy atom. The topological polar surface area (TPSA) is 76.1 Å². The Balaban J connectivity index is 1.78. The number of carboxylic acids is 1. The largest absolute Gasteiger partial charge is 0.493 e. The van der Waals surface area contributed by atoms with Gasteiger partial charge in [-0.1, -0.05) is 6.07 Å². The molecule has 0 radical (unpaired) electrons. The van der Waals surface area contributed by atoms with E-state index in [9.17, 15) is 9.59 Å². The molecule has 1 saturated heterocycles. The summed E-state index contributed by atoms with van der Waals surface area (Å²) in [7, 11) is 0. The summed E-state index contributed by atoms with van der Waals surface area (Å²) in [6, 6.07) is 6.48. The zero-order valence-corrected chi connectivity index (χ0v) is 14.4. The Bertz CT molecular complexity index is 585. The van der Waals surface area contributed by atoms with Crippen molar-refractivity contribution in [2.24, 2.45) is 5.92 Å². The number of nitrogens with zero attached hydrogens (tertiary/aromatic N) is 1. The third kappa shape index (κ3) is 5.44. The highest BCUT2D eigenvalue weighted by Gasteiger charge is 2.27. The summed E-state index contributed by atoms with van der Waals surface area (Å²) in [5.41, 5.74) is -0.265. The summed E-state index contributed by atoms with van der Waals surface area (Å²) < 4.78 is 11.1. The number of ether oxygens (including phenoxy) is 2.